The van der Waals surface area contributed by atoms with Gasteiger partial charge in [0.1, 0.15) is 0 Å². The molecule has 1 heterocycles. The number of para-hydroxylation sites is 1. The summed E-state index contributed by atoms with van der Waals surface area (Å²) in [4.78, 5) is 15.3. The SMILES string of the molecule is C=C(C)c1c(-c2ccccc2)c2ccccc2[nH]c1=O. The molecule has 0 unspecified atom stereocenters. The van der Waals surface area contributed by atoms with Gasteiger partial charge in [-0.1, -0.05) is 55.1 Å². The van der Waals surface area contributed by atoms with Crippen LogP contribution in [0.25, 0.3) is 27.6 Å². The molecule has 1 N–H and O–H groups in total. The Kier molecular flexibility index (Phi) is 2.99. The first-order valence-electron chi connectivity index (χ1n) is 6.55. The maximum absolute atomic E-state index is 12.4. The molecule has 0 amide bonds. The van der Waals surface area contributed by atoms with E-state index in [0.717, 1.165) is 27.6 Å². The molecule has 2 heteroatoms. The maximum atomic E-state index is 12.4. The first-order valence-corrected chi connectivity index (χ1v) is 6.55. The normalized spacial score (nSPS) is 10.7. The quantitative estimate of drug-likeness (QED) is 0.735. The van der Waals surface area contributed by atoms with Crippen molar-refractivity contribution in [1.29, 1.82) is 0 Å². The Morgan fingerprint density at radius 3 is 2.35 bits per heavy atom. The van der Waals surface area contributed by atoms with Crippen LogP contribution in [0, 0.1) is 0 Å². The van der Waals surface area contributed by atoms with Gasteiger partial charge in [0.2, 0.25) is 0 Å². The van der Waals surface area contributed by atoms with Crippen LogP contribution in [0.3, 0.4) is 0 Å². The van der Waals surface area contributed by atoms with Crippen molar-refractivity contribution in [2.24, 2.45) is 0 Å². The number of H-pyrrole nitrogens is 1. The molecule has 0 aliphatic heterocycles. The average Bonchev–Trinajstić information content (AvgIpc) is 2.46. The molecule has 0 aliphatic carbocycles. The van der Waals surface area contributed by atoms with Crippen LogP contribution in [0.5, 0.6) is 0 Å². The minimum atomic E-state index is -0.0879. The summed E-state index contributed by atoms with van der Waals surface area (Å²) in [7, 11) is 0. The van der Waals surface area contributed by atoms with Crippen molar-refractivity contribution in [2.45, 2.75) is 6.92 Å². The van der Waals surface area contributed by atoms with Crippen molar-refractivity contribution >= 4 is 16.5 Å². The molecule has 0 aliphatic rings. The van der Waals surface area contributed by atoms with Gasteiger partial charge in [-0.2, -0.15) is 0 Å². The Morgan fingerprint density at radius 1 is 1.00 bits per heavy atom. The highest BCUT2D eigenvalue weighted by molar-refractivity contribution is 5.99. The summed E-state index contributed by atoms with van der Waals surface area (Å²) in [5, 5.41) is 1.04. The number of benzene rings is 2. The van der Waals surface area contributed by atoms with Crippen LogP contribution in [0.1, 0.15) is 12.5 Å². The smallest absolute Gasteiger partial charge is 0.256 e. The number of aromatic amines is 1. The molecule has 0 fully saturated rings. The molecule has 20 heavy (non-hydrogen) atoms. The first-order chi connectivity index (χ1) is 9.68. The molecule has 0 radical (unpaired) electrons. The van der Waals surface area contributed by atoms with E-state index in [4.69, 9.17) is 0 Å². The van der Waals surface area contributed by atoms with E-state index < -0.39 is 0 Å². The van der Waals surface area contributed by atoms with Gasteiger partial charge >= 0.3 is 0 Å². The van der Waals surface area contributed by atoms with Gasteiger partial charge in [-0.3, -0.25) is 4.79 Å². The predicted molar refractivity (Wildman–Crippen MR) is 84.7 cm³/mol. The zero-order chi connectivity index (χ0) is 14.1. The van der Waals surface area contributed by atoms with Crippen LogP contribution in [-0.4, -0.2) is 4.98 Å². The number of hydrogen-bond acceptors (Lipinski definition) is 1. The Morgan fingerprint density at radius 2 is 1.65 bits per heavy atom. The van der Waals surface area contributed by atoms with Crippen molar-refractivity contribution in [3.05, 3.63) is 77.1 Å². The molecule has 3 rings (SSSR count). The molecule has 0 spiro atoms. The van der Waals surface area contributed by atoms with Crippen LogP contribution < -0.4 is 5.56 Å². The summed E-state index contributed by atoms with van der Waals surface area (Å²) in [6, 6.07) is 17.8. The molecule has 2 aromatic carbocycles. The third kappa shape index (κ3) is 1.95. The van der Waals surface area contributed by atoms with Gasteiger partial charge in [0.15, 0.2) is 0 Å². The van der Waals surface area contributed by atoms with E-state index >= 15 is 0 Å². The topological polar surface area (TPSA) is 32.9 Å². The lowest BCUT2D eigenvalue weighted by atomic mass is 9.93. The standard InChI is InChI=1S/C18H15NO/c1-12(2)16-17(13-8-4-3-5-9-13)14-10-6-7-11-15(14)19-18(16)20/h3-11H,1H2,2H3,(H,19,20). The van der Waals surface area contributed by atoms with Gasteiger partial charge in [-0.15, -0.1) is 0 Å². The zero-order valence-corrected chi connectivity index (χ0v) is 11.3. The highest BCUT2D eigenvalue weighted by atomic mass is 16.1. The minimum absolute atomic E-state index is 0.0879. The van der Waals surface area contributed by atoms with Crippen LogP contribution in [-0.2, 0) is 0 Å². The third-order valence-corrected chi connectivity index (χ3v) is 3.41. The maximum Gasteiger partial charge on any atom is 0.256 e. The monoisotopic (exact) mass is 261 g/mol. The van der Waals surface area contributed by atoms with Crippen molar-refractivity contribution < 1.29 is 0 Å². The highest BCUT2D eigenvalue weighted by Gasteiger charge is 2.14. The Balaban J connectivity index is 2.52. The number of hydrogen-bond donors (Lipinski definition) is 1. The highest BCUT2D eigenvalue weighted by Crippen LogP contribution is 2.31. The van der Waals surface area contributed by atoms with Crippen LogP contribution in [0.4, 0.5) is 0 Å². The summed E-state index contributed by atoms with van der Waals surface area (Å²) in [6.07, 6.45) is 0. The molecule has 0 saturated carbocycles. The Hall–Kier alpha value is -2.61. The summed E-state index contributed by atoms with van der Waals surface area (Å²) >= 11 is 0. The van der Waals surface area contributed by atoms with Crippen LogP contribution >= 0.6 is 0 Å². The second-order valence-electron chi connectivity index (χ2n) is 4.90. The van der Waals surface area contributed by atoms with Crippen molar-refractivity contribution in [3.8, 4) is 11.1 Å². The molecule has 2 nitrogen and oxygen atoms in total. The van der Waals surface area contributed by atoms with Gasteiger partial charge in [-0.25, -0.2) is 0 Å². The first kappa shape index (κ1) is 12.4. The van der Waals surface area contributed by atoms with E-state index in [2.05, 4.69) is 11.6 Å². The van der Waals surface area contributed by atoms with E-state index in [0.29, 0.717) is 5.56 Å². The number of rotatable bonds is 2. The van der Waals surface area contributed by atoms with E-state index in [1.54, 1.807) is 0 Å². The molecule has 0 atom stereocenters. The lowest BCUT2D eigenvalue weighted by Crippen LogP contribution is -2.13. The Bertz CT molecular complexity index is 844. The van der Waals surface area contributed by atoms with Crippen molar-refractivity contribution in [2.75, 3.05) is 0 Å². The molecule has 3 aromatic rings. The molecule has 0 saturated heterocycles. The second kappa shape index (κ2) is 4.82. The average molecular weight is 261 g/mol. The lowest BCUT2D eigenvalue weighted by molar-refractivity contribution is 1.28. The predicted octanol–water partition coefficient (Wildman–Crippen LogP) is 4.23. The number of pyridine rings is 1. The van der Waals surface area contributed by atoms with Gasteiger partial charge in [-0.05, 0) is 24.1 Å². The van der Waals surface area contributed by atoms with Crippen molar-refractivity contribution in [1.82, 2.24) is 4.98 Å². The number of nitrogens with one attached hydrogen (secondary N) is 1. The van der Waals surface area contributed by atoms with Gasteiger partial charge in [0, 0.05) is 16.5 Å². The second-order valence-corrected chi connectivity index (χ2v) is 4.90. The molecule has 98 valence electrons. The fourth-order valence-electron chi connectivity index (χ4n) is 2.55. The summed E-state index contributed by atoms with van der Waals surface area (Å²) in [5.41, 5.74) is 4.19. The minimum Gasteiger partial charge on any atom is -0.321 e. The number of allylic oxidation sites excluding steroid dienone is 1. The zero-order valence-electron chi connectivity index (χ0n) is 11.3. The van der Waals surface area contributed by atoms with E-state index in [1.165, 1.54) is 0 Å². The fraction of sp³-hybridized carbons (Fsp3) is 0.0556. The summed E-state index contributed by atoms with van der Waals surface area (Å²) in [5.74, 6) is 0. The van der Waals surface area contributed by atoms with Crippen LogP contribution in [0.2, 0.25) is 0 Å². The summed E-state index contributed by atoms with van der Waals surface area (Å²) in [6.45, 7) is 5.83. The number of aromatic nitrogens is 1. The van der Waals surface area contributed by atoms with Crippen LogP contribution in [0.15, 0.2) is 66.0 Å². The van der Waals surface area contributed by atoms with E-state index in [1.807, 2.05) is 61.5 Å². The fourth-order valence-corrected chi connectivity index (χ4v) is 2.55. The number of fused-ring (bicyclic) bond motifs is 1. The van der Waals surface area contributed by atoms with Gasteiger partial charge < -0.3 is 4.98 Å². The van der Waals surface area contributed by atoms with Gasteiger partial charge in [0.25, 0.3) is 5.56 Å². The van der Waals surface area contributed by atoms with E-state index in [-0.39, 0.29) is 5.56 Å². The third-order valence-electron chi connectivity index (χ3n) is 3.41. The Labute approximate surface area is 117 Å². The summed E-state index contributed by atoms with van der Waals surface area (Å²) < 4.78 is 0. The molecular formula is C18H15NO. The van der Waals surface area contributed by atoms with E-state index in [9.17, 15) is 4.79 Å². The largest absolute Gasteiger partial charge is 0.321 e. The van der Waals surface area contributed by atoms with Crippen molar-refractivity contribution in [3.63, 3.8) is 0 Å². The molecular weight excluding hydrogens is 246 g/mol. The van der Waals surface area contributed by atoms with Gasteiger partial charge in [0.05, 0.1) is 5.56 Å². The molecule has 0 bridgehead atoms. The molecule has 1 aromatic heterocycles. The lowest BCUT2D eigenvalue weighted by Gasteiger charge is -2.12.